The van der Waals surface area contributed by atoms with Crippen LogP contribution < -0.4 is 10.6 Å². The van der Waals surface area contributed by atoms with Crippen molar-refractivity contribution < 1.29 is 4.79 Å². The molecule has 8 heteroatoms. The molecular weight excluding hydrogens is 348 g/mol. The Hall–Kier alpha value is -2.53. The quantitative estimate of drug-likeness (QED) is 0.563. The molecule has 0 radical (unpaired) electrons. The van der Waals surface area contributed by atoms with Gasteiger partial charge >= 0.3 is 0 Å². The molecule has 3 rings (SSSR count). The van der Waals surface area contributed by atoms with Crippen LogP contribution in [-0.2, 0) is 4.79 Å². The summed E-state index contributed by atoms with van der Waals surface area (Å²) in [5, 5.41) is 18.8. The van der Waals surface area contributed by atoms with Crippen LogP contribution in [0.1, 0.15) is 38.3 Å². The number of nitrogens with one attached hydrogen (secondary N) is 2. The molecular formula is C18H22N6OS. The molecule has 0 aliphatic carbocycles. The van der Waals surface area contributed by atoms with Crippen molar-refractivity contribution in [2.75, 3.05) is 25.0 Å². The Labute approximate surface area is 157 Å². The molecule has 3 heterocycles. The van der Waals surface area contributed by atoms with Gasteiger partial charge in [-0.15, -0.1) is 0 Å². The average molecular weight is 370 g/mol. The molecule has 1 aromatic rings. The molecule has 0 aromatic carbocycles. The lowest BCUT2D eigenvalue weighted by Crippen LogP contribution is -2.27. The summed E-state index contributed by atoms with van der Waals surface area (Å²) in [6, 6.07) is 3.98. The van der Waals surface area contributed by atoms with Gasteiger partial charge in [0.2, 0.25) is 11.9 Å². The summed E-state index contributed by atoms with van der Waals surface area (Å²) in [7, 11) is 0. The highest BCUT2D eigenvalue weighted by molar-refractivity contribution is 8.06. The maximum Gasteiger partial charge on any atom is 0.223 e. The first-order valence-corrected chi connectivity index (χ1v) is 9.71. The Morgan fingerprint density at radius 2 is 2.42 bits per heavy atom. The van der Waals surface area contributed by atoms with Crippen molar-refractivity contribution in [1.82, 2.24) is 20.2 Å². The molecule has 2 aliphatic heterocycles. The van der Waals surface area contributed by atoms with Gasteiger partial charge in [-0.2, -0.15) is 5.26 Å². The van der Waals surface area contributed by atoms with Crippen LogP contribution in [0.5, 0.6) is 0 Å². The van der Waals surface area contributed by atoms with E-state index in [-0.39, 0.29) is 5.91 Å². The summed E-state index contributed by atoms with van der Waals surface area (Å²) >= 11 is 1.51. The van der Waals surface area contributed by atoms with Crippen LogP contribution in [0.2, 0.25) is 0 Å². The minimum Gasteiger partial charge on any atom is -0.354 e. The number of hydrogen-bond donors (Lipinski definition) is 2. The molecule has 0 spiro atoms. The van der Waals surface area contributed by atoms with E-state index in [9.17, 15) is 10.1 Å². The van der Waals surface area contributed by atoms with Gasteiger partial charge in [-0.3, -0.25) is 4.79 Å². The van der Waals surface area contributed by atoms with Crippen molar-refractivity contribution >= 4 is 29.2 Å². The maximum atomic E-state index is 11.6. The first kappa shape index (κ1) is 18.3. The Bertz CT molecular complexity index is 782. The van der Waals surface area contributed by atoms with Crippen molar-refractivity contribution in [3.63, 3.8) is 0 Å². The zero-order chi connectivity index (χ0) is 18.4. The van der Waals surface area contributed by atoms with Gasteiger partial charge in [0, 0.05) is 37.9 Å². The van der Waals surface area contributed by atoms with E-state index in [1.165, 1.54) is 11.8 Å². The summed E-state index contributed by atoms with van der Waals surface area (Å²) in [6.45, 7) is 4.37. The van der Waals surface area contributed by atoms with E-state index in [1.54, 1.807) is 12.3 Å². The fraction of sp³-hybridized carbons (Fsp3) is 0.444. The minimum absolute atomic E-state index is 0.246. The lowest BCUT2D eigenvalue weighted by atomic mass is 10.2. The average Bonchev–Trinajstić information content (AvgIpc) is 3.29. The Balaban J connectivity index is 1.58. The zero-order valence-electron chi connectivity index (χ0n) is 14.8. The number of aromatic nitrogens is 2. The Kier molecular flexibility index (Phi) is 6.12. The van der Waals surface area contributed by atoms with Gasteiger partial charge < -0.3 is 15.5 Å². The molecule has 2 aliphatic rings. The lowest BCUT2D eigenvalue weighted by molar-refractivity contribution is -0.127. The molecule has 1 amide bonds. The van der Waals surface area contributed by atoms with Gasteiger partial charge in [-0.25, -0.2) is 9.97 Å². The third-order valence-corrected chi connectivity index (χ3v) is 5.23. The molecule has 26 heavy (non-hydrogen) atoms. The second-order valence-corrected chi connectivity index (χ2v) is 6.97. The van der Waals surface area contributed by atoms with Crippen molar-refractivity contribution in [2.45, 2.75) is 32.6 Å². The number of nitrogens with zero attached hydrogens (tertiary/aromatic N) is 4. The first-order valence-electron chi connectivity index (χ1n) is 8.83. The highest BCUT2D eigenvalue weighted by atomic mass is 32.2. The maximum absolute atomic E-state index is 11.6. The monoisotopic (exact) mass is 370 g/mol. The Morgan fingerprint density at radius 3 is 3.12 bits per heavy atom. The van der Waals surface area contributed by atoms with Crippen LogP contribution in [0.25, 0.3) is 5.57 Å². The molecule has 0 atom stereocenters. The standard InChI is InChI=1S/C18H22N6OS/c1-2-13-12-26-17(22-13)14(11-19)15-6-8-21-18(23-15)20-7-4-10-24-9-3-5-16(24)25/h6,8,12,22H,2-5,7,9-10H2,1H3,(H,20,21,23). The normalized spacial score (nSPS) is 18.4. The first-order chi connectivity index (χ1) is 12.7. The summed E-state index contributed by atoms with van der Waals surface area (Å²) in [5.74, 6) is 0.741. The third kappa shape index (κ3) is 4.35. The number of likely N-dealkylation sites (tertiary alicyclic amines) is 1. The van der Waals surface area contributed by atoms with Crippen molar-refractivity contribution in [3.05, 3.63) is 34.1 Å². The molecule has 0 saturated carbocycles. The SMILES string of the molecule is CCC1=CSC(=C(C#N)c2ccnc(NCCCN3CCCC3=O)n2)N1. The molecule has 0 unspecified atom stereocenters. The van der Waals surface area contributed by atoms with E-state index in [0.717, 1.165) is 43.1 Å². The van der Waals surface area contributed by atoms with Gasteiger partial charge in [0.25, 0.3) is 0 Å². The van der Waals surface area contributed by atoms with E-state index in [0.29, 0.717) is 30.2 Å². The van der Waals surface area contributed by atoms with Crippen LogP contribution in [0.15, 0.2) is 28.4 Å². The molecule has 1 fully saturated rings. The second-order valence-electron chi connectivity index (χ2n) is 6.09. The van der Waals surface area contributed by atoms with Gasteiger partial charge in [-0.1, -0.05) is 18.7 Å². The number of hydrogen-bond acceptors (Lipinski definition) is 7. The van der Waals surface area contributed by atoms with Crippen LogP contribution in [0, 0.1) is 11.3 Å². The number of thioether (sulfide) groups is 1. The predicted molar refractivity (Wildman–Crippen MR) is 103 cm³/mol. The molecule has 1 saturated heterocycles. The number of nitriles is 1. The van der Waals surface area contributed by atoms with Crippen LogP contribution in [0.4, 0.5) is 5.95 Å². The summed E-state index contributed by atoms with van der Waals surface area (Å²) in [5.41, 5.74) is 2.21. The predicted octanol–water partition coefficient (Wildman–Crippen LogP) is 2.68. The van der Waals surface area contributed by atoms with Gasteiger partial charge in [-0.05, 0) is 30.7 Å². The third-order valence-electron chi connectivity index (χ3n) is 4.28. The zero-order valence-corrected chi connectivity index (χ0v) is 15.6. The van der Waals surface area contributed by atoms with E-state index in [2.05, 4.69) is 33.6 Å². The van der Waals surface area contributed by atoms with Crippen molar-refractivity contribution in [2.24, 2.45) is 0 Å². The fourth-order valence-corrected chi connectivity index (χ4v) is 3.79. The van der Waals surface area contributed by atoms with E-state index in [1.807, 2.05) is 10.3 Å². The smallest absolute Gasteiger partial charge is 0.223 e. The van der Waals surface area contributed by atoms with Crippen molar-refractivity contribution in [1.29, 1.82) is 5.26 Å². The van der Waals surface area contributed by atoms with E-state index < -0.39 is 0 Å². The minimum atomic E-state index is 0.246. The summed E-state index contributed by atoms with van der Waals surface area (Å²) in [6.07, 6.45) is 5.02. The number of amides is 1. The lowest BCUT2D eigenvalue weighted by Gasteiger charge is -2.15. The summed E-state index contributed by atoms with van der Waals surface area (Å²) in [4.78, 5) is 22.2. The molecule has 2 N–H and O–H groups in total. The van der Waals surface area contributed by atoms with Gasteiger partial charge in [0.05, 0.1) is 10.7 Å². The van der Waals surface area contributed by atoms with Crippen LogP contribution in [0.3, 0.4) is 0 Å². The molecule has 0 bridgehead atoms. The molecule has 1 aromatic heterocycles. The molecule has 136 valence electrons. The molecule has 7 nitrogen and oxygen atoms in total. The number of rotatable bonds is 7. The van der Waals surface area contributed by atoms with Gasteiger partial charge in [0.1, 0.15) is 11.6 Å². The largest absolute Gasteiger partial charge is 0.354 e. The number of carbonyl (C=O) groups is 1. The highest BCUT2D eigenvalue weighted by Gasteiger charge is 2.19. The summed E-state index contributed by atoms with van der Waals surface area (Å²) < 4.78 is 0. The fourth-order valence-electron chi connectivity index (χ4n) is 2.85. The number of allylic oxidation sites excluding steroid dienone is 2. The number of anilines is 1. The number of carbonyl (C=O) groups excluding carboxylic acids is 1. The van der Waals surface area contributed by atoms with Crippen LogP contribution in [-0.4, -0.2) is 40.4 Å². The topological polar surface area (TPSA) is 93.9 Å². The van der Waals surface area contributed by atoms with Crippen molar-refractivity contribution in [3.8, 4) is 6.07 Å². The Morgan fingerprint density at radius 1 is 1.54 bits per heavy atom. The van der Waals surface area contributed by atoms with Crippen LogP contribution >= 0.6 is 11.8 Å². The highest BCUT2D eigenvalue weighted by Crippen LogP contribution is 2.31. The van der Waals surface area contributed by atoms with E-state index >= 15 is 0 Å². The van der Waals surface area contributed by atoms with Gasteiger partial charge in [0.15, 0.2) is 0 Å². The van der Waals surface area contributed by atoms with E-state index in [4.69, 9.17) is 0 Å². The second kappa shape index (κ2) is 8.72.